The van der Waals surface area contributed by atoms with Crippen molar-refractivity contribution in [2.24, 2.45) is 7.05 Å². The van der Waals surface area contributed by atoms with E-state index in [1.54, 1.807) is 6.92 Å². The van der Waals surface area contributed by atoms with Crippen LogP contribution in [-0.2, 0) is 18.3 Å². The Morgan fingerprint density at radius 1 is 1.47 bits per heavy atom. The molecular weight excluding hydrogens is 238 g/mol. The summed E-state index contributed by atoms with van der Waals surface area (Å²) in [6.07, 6.45) is 3.39. The van der Waals surface area contributed by atoms with Gasteiger partial charge in [0, 0.05) is 26.4 Å². The van der Waals surface area contributed by atoms with Crippen LogP contribution in [0.15, 0.2) is 18.2 Å². The minimum Gasteiger partial charge on any atom is -0.356 e. The van der Waals surface area contributed by atoms with Gasteiger partial charge in [-0.15, -0.1) is 0 Å². The molecule has 0 unspecified atom stereocenters. The van der Waals surface area contributed by atoms with E-state index in [9.17, 15) is 4.79 Å². The van der Waals surface area contributed by atoms with E-state index in [-0.39, 0.29) is 5.91 Å². The van der Waals surface area contributed by atoms with Crippen molar-refractivity contribution >= 4 is 16.9 Å². The fourth-order valence-corrected chi connectivity index (χ4v) is 2.51. The number of fused-ring (bicyclic) bond motifs is 1. The molecule has 1 aromatic heterocycles. The Balaban J connectivity index is 1.82. The summed E-state index contributed by atoms with van der Waals surface area (Å²) in [5.41, 5.74) is 3.50. The van der Waals surface area contributed by atoms with E-state index >= 15 is 0 Å². The molecule has 0 saturated heterocycles. The molecule has 100 valence electrons. The van der Waals surface area contributed by atoms with E-state index in [2.05, 4.69) is 35.1 Å². The molecule has 1 aliphatic rings. The third-order valence-electron chi connectivity index (χ3n) is 3.71. The predicted octanol–water partition coefficient (Wildman–Crippen LogP) is 2.13. The summed E-state index contributed by atoms with van der Waals surface area (Å²) in [6, 6.07) is 6.41. The zero-order valence-corrected chi connectivity index (χ0v) is 11.4. The molecule has 4 heteroatoms. The Kier molecular flexibility index (Phi) is 3.01. The number of benzene rings is 1. The number of imidazole rings is 1. The first-order chi connectivity index (χ1) is 9.15. The fourth-order valence-electron chi connectivity index (χ4n) is 2.51. The molecule has 3 rings (SSSR count). The first-order valence-electron chi connectivity index (χ1n) is 6.85. The number of amides is 1. The Bertz CT molecular complexity index is 626. The van der Waals surface area contributed by atoms with Crippen molar-refractivity contribution in [2.45, 2.75) is 32.1 Å². The quantitative estimate of drug-likeness (QED) is 0.912. The van der Waals surface area contributed by atoms with Crippen molar-refractivity contribution in [3.8, 4) is 0 Å². The zero-order chi connectivity index (χ0) is 13.4. The maximum Gasteiger partial charge on any atom is 0.216 e. The Hall–Kier alpha value is -1.84. The van der Waals surface area contributed by atoms with Crippen LogP contribution >= 0.6 is 0 Å². The van der Waals surface area contributed by atoms with Crippen LogP contribution in [0, 0.1) is 0 Å². The average molecular weight is 257 g/mol. The molecule has 4 nitrogen and oxygen atoms in total. The molecule has 1 heterocycles. The van der Waals surface area contributed by atoms with Gasteiger partial charge in [0.1, 0.15) is 5.82 Å². The number of nitrogens with one attached hydrogen (secondary N) is 1. The van der Waals surface area contributed by atoms with Crippen LogP contribution < -0.4 is 5.32 Å². The van der Waals surface area contributed by atoms with Gasteiger partial charge in [-0.2, -0.15) is 0 Å². The molecule has 19 heavy (non-hydrogen) atoms. The lowest BCUT2D eigenvalue weighted by molar-refractivity contribution is -0.118. The smallest absolute Gasteiger partial charge is 0.216 e. The second-order valence-electron chi connectivity index (χ2n) is 5.36. The lowest BCUT2D eigenvalue weighted by atomic mass is 10.1. The third kappa shape index (κ3) is 2.48. The standard InChI is InChI=1S/C15H19N3O/c1-10(19)16-8-7-11-3-6-14-13(9-11)17-15(18(14)2)12-4-5-12/h3,6,9,12H,4-5,7-8H2,1-2H3,(H,16,19). The molecule has 1 fully saturated rings. The van der Waals surface area contributed by atoms with Gasteiger partial charge in [-0.05, 0) is 37.0 Å². The Labute approximate surface area is 112 Å². The van der Waals surface area contributed by atoms with Gasteiger partial charge >= 0.3 is 0 Å². The number of hydrogen-bond acceptors (Lipinski definition) is 2. The van der Waals surface area contributed by atoms with Gasteiger partial charge < -0.3 is 9.88 Å². The van der Waals surface area contributed by atoms with Crippen molar-refractivity contribution in [1.82, 2.24) is 14.9 Å². The van der Waals surface area contributed by atoms with Crippen molar-refractivity contribution in [3.63, 3.8) is 0 Å². The van der Waals surface area contributed by atoms with Crippen molar-refractivity contribution in [2.75, 3.05) is 6.54 Å². The highest BCUT2D eigenvalue weighted by Gasteiger charge is 2.28. The van der Waals surface area contributed by atoms with Gasteiger partial charge in [-0.1, -0.05) is 6.07 Å². The van der Waals surface area contributed by atoms with E-state index in [0.29, 0.717) is 12.5 Å². The number of rotatable bonds is 4. The largest absolute Gasteiger partial charge is 0.356 e. The highest BCUT2D eigenvalue weighted by atomic mass is 16.1. The van der Waals surface area contributed by atoms with E-state index in [1.165, 1.54) is 29.7 Å². The molecule has 2 aromatic rings. The Morgan fingerprint density at radius 3 is 2.95 bits per heavy atom. The van der Waals surface area contributed by atoms with Crippen LogP contribution in [0.5, 0.6) is 0 Å². The van der Waals surface area contributed by atoms with Crippen LogP contribution in [0.4, 0.5) is 0 Å². The SMILES string of the molecule is CC(=O)NCCc1ccc2c(c1)nc(C1CC1)n2C. The summed E-state index contributed by atoms with van der Waals surface area (Å²) in [5, 5.41) is 2.82. The van der Waals surface area contributed by atoms with Gasteiger partial charge in [0.2, 0.25) is 5.91 Å². The molecule has 0 atom stereocenters. The highest BCUT2D eigenvalue weighted by Crippen LogP contribution is 2.40. The molecule has 0 bridgehead atoms. The maximum atomic E-state index is 10.8. The summed E-state index contributed by atoms with van der Waals surface area (Å²) in [4.78, 5) is 15.6. The molecule has 1 aliphatic carbocycles. The summed E-state index contributed by atoms with van der Waals surface area (Å²) in [6.45, 7) is 2.23. The van der Waals surface area contributed by atoms with Crippen LogP contribution in [0.2, 0.25) is 0 Å². The van der Waals surface area contributed by atoms with E-state index < -0.39 is 0 Å². The molecule has 0 spiro atoms. The average Bonchev–Trinajstić information content (AvgIpc) is 3.15. The second kappa shape index (κ2) is 4.68. The summed E-state index contributed by atoms with van der Waals surface area (Å²) < 4.78 is 2.21. The molecule has 1 amide bonds. The first kappa shape index (κ1) is 12.2. The number of carbonyl (C=O) groups is 1. The Morgan fingerprint density at radius 2 is 2.26 bits per heavy atom. The van der Waals surface area contributed by atoms with Crippen LogP contribution in [0.1, 0.15) is 37.1 Å². The highest BCUT2D eigenvalue weighted by molar-refractivity contribution is 5.77. The molecular formula is C15H19N3O. The van der Waals surface area contributed by atoms with Gasteiger partial charge in [-0.25, -0.2) is 4.98 Å². The van der Waals surface area contributed by atoms with Crippen LogP contribution in [-0.4, -0.2) is 22.0 Å². The topological polar surface area (TPSA) is 46.9 Å². The normalized spacial score (nSPS) is 14.8. The van der Waals surface area contributed by atoms with Crippen LogP contribution in [0.25, 0.3) is 11.0 Å². The van der Waals surface area contributed by atoms with Gasteiger partial charge in [-0.3, -0.25) is 4.79 Å². The lowest BCUT2D eigenvalue weighted by Gasteiger charge is -2.03. The summed E-state index contributed by atoms with van der Waals surface area (Å²) >= 11 is 0. The van der Waals surface area contributed by atoms with E-state index in [0.717, 1.165) is 11.9 Å². The predicted molar refractivity (Wildman–Crippen MR) is 75.1 cm³/mol. The number of hydrogen-bond donors (Lipinski definition) is 1. The summed E-state index contributed by atoms with van der Waals surface area (Å²) in [7, 11) is 2.10. The molecule has 1 N–H and O–H groups in total. The molecule has 0 aliphatic heterocycles. The number of nitrogens with zero attached hydrogens (tertiary/aromatic N) is 2. The zero-order valence-electron chi connectivity index (χ0n) is 11.4. The van der Waals surface area contributed by atoms with Crippen molar-refractivity contribution in [1.29, 1.82) is 0 Å². The number of carbonyl (C=O) groups excluding carboxylic acids is 1. The maximum absolute atomic E-state index is 10.8. The minimum absolute atomic E-state index is 0.0231. The van der Waals surface area contributed by atoms with Gasteiger partial charge in [0.15, 0.2) is 0 Å². The molecule has 1 saturated carbocycles. The first-order valence-corrected chi connectivity index (χ1v) is 6.85. The second-order valence-corrected chi connectivity index (χ2v) is 5.36. The molecule has 0 radical (unpaired) electrons. The van der Waals surface area contributed by atoms with Gasteiger partial charge in [0.05, 0.1) is 11.0 Å². The summed E-state index contributed by atoms with van der Waals surface area (Å²) in [5.74, 6) is 1.91. The van der Waals surface area contributed by atoms with Crippen LogP contribution in [0.3, 0.4) is 0 Å². The van der Waals surface area contributed by atoms with E-state index in [1.807, 2.05) is 0 Å². The minimum atomic E-state index is 0.0231. The van der Waals surface area contributed by atoms with Crippen molar-refractivity contribution in [3.05, 3.63) is 29.6 Å². The molecule has 1 aromatic carbocycles. The number of aryl methyl sites for hydroxylation is 1. The van der Waals surface area contributed by atoms with E-state index in [4.69, 9.17) is 4.98 Å². The lowest BCUT2D eigenvalue weighted by Crippen LogP contribution is -2.22. The van der Waals surface area contributed by atoms with Crippen molar-refractivity contribution < 1.29 is 4.79 Å². The third-order valence-corrected chi connectivity index (χ3v) is 3.71. The monoisotopic (exact) mass is 257 g/mol. The fraction of sp³-hybridized carbons (Fsp3) is 0.467. The van der Waals surface area contributed by atoms with Gasteiger partial charge in [0.25, 0.3) is 0 Å². The number of aromatic nitrogens is 2.